The highest BCUT2D eigenvalue weighted by atomic mass is 32.2. The average Bonchev–Trinajstić information content (AvgIpc) is 2.04. The summed E-state index contributed by atoms with van der Waals surface area (Å²) >= 11 is 1.43. The van der Waals surface area contributed by atoms with E-state index in [0.717, 1.165) is 0 Å². The van der Waals surface area contributed by atoms with Crippen molar-refractivity contribution in [2.24, 2.45) is 5.92 Å². The van der Waals surface area contributed by atoms with Gasteiger partial charge in [-0.3, -0.25) is 4.79 Å². The number of thioether (sulfide) groups is 1. The summed E-state index contributed by atoms with van der Waals surface area (Å²) in [5.74, 6) is -0.116. The van der Waals surface area contributed by atoms with E-state index >= 15 is 0 Å². The molecule has 13 heavy (non-hydrogen) atoms. The van der Waals surface area contributed by atoms with E-state index in [9.17, 15) is 9.90 Å². The second-order valence-electron chi connectivity index (χ2n) is 2.89. The van der Waals surface area contributed by atoms with Gasteiger partial charge in [-0.2, -0.15) is 11.8 Å². The Morgan fingerprint density at radius 1 is 1.54 bits per heavy atom. The van der Waals surface area contributed by atoms with Gasteiger partial charge in [-0.05, 0) is 0 Å². The van der Waals surface area contributed by atoms with E-state index in [1.54, 1.807) is 6.92 Å². The van der Waals surface area contributed by atoms with Gasteiger partial charge in [-0.25, -0.2) is 0 Å². The number of aliphatic hydroxyl groups excluding tert-OH is 1. The molecule has 5 heteroatoms. The number of carboxylic acids is 1. The van der Waals surface area contributed by atoms with Crippen LogP contribution >= 0.6 is 11.8 Å². The Kier molecular flexibility index (Phi) is 7.03. The van der Waals surface area contributed by atoms with Gasteiger partial charge in [0.1, 0.15) is 0 Å². The third kappa shape index (κ3) is 6.86. The molecule has 0 aromatic heterocycles. The Morgan fingerprint density at radius 3 is 2.62 bits per heavy atom. The quantitative estimate of drug-likeness (QED) is 0.636. The topological polar surface area (TPSA) is 66.8 Å². The van der Waals surface area contributed by atoms with Crippen molar-refractivity contribution in [3.05, 3.63) is 0 Å². The van der Waals surface area contributed by atoms with Crippen LogP contribution in [0.3, 0.4) is 0 Å². The summed E-state index contributed by atoms with van der Waals surface area (Å²) in [4.78, 5) is 10.4. The zero-order valence-corrected chi connectivity index (χ0v) is 8.71. The molecule has 0 saturated carbocycles. The Bertz CT molecular complexity index is 151. The molecule has 0 saturated heterocycles. The van der Waals surface area contributed by atoms with Crippen LogP contribution in [0.1, 0.15) is 6.92 Å². The maximum atomic E-state index is 10.4. The normalized spacial score (nSPS) is 15.3. The lowest BCUT2D eigenvalue weighted by Gasteiger charge is -2.10. The zero-order valence-electron chi connectivity index (χ0n) is 7.90. The van der Waals surface area contributed by atoms with Gasteiger partial charge in [-0.15, -0.1) is 0 Å². The second-order valence-corrected chi connectivity index (χ2v) is 3.96. The first kappa shape index (κ1) is 12.7. The number of carbonyl (C=O) groups is 1. The number of aliphatic carboxylic acids is 1. The van der Waals surface area contributed by atoms with Gasteiger partial charge >= 0.3 is 5.97 Å². The molecular weight excluding hydrogens is 192 g/mol. The maximum Gasteiger partial charge on any atom is 0.307 e. The highest BCUT2D eigenvalue weighted by Gasteiger charge is 2.11. The second kappa shape index (κ2) is 7.17. The van der Waals surface area contributed by atoms with Crippen molar-refractivity contribution in [3.8, 4) is 0 Å². The summed E-state index contributed by atoms with van der Waals surface area (Å²) < 4.78 is 4.73. The monoisotopic (exact) mass is 208 g/mol. The summed E-state index contributed by atoms with van der Waals surface area (Å²) in [5, 5.41) is 17.8. The van der Waals surface area contributed by atoms with Crippen molar-refractivity contribution in [3.63, 3.8) is 0 Å². The molecule has 0 heterocycles. The number of methoxy groups -OCH3 is 1. The lowest BCUT2D eigenvalue weighted by molar-refractivity contribution is -0.140. The van der Waals surface area contributed by atoms with Crippen LogP contribution < -0.4 is 0 Å². The third-order valence-corrected chi connectivity index (χ3v) is 2.81. The van der Waals surface area contributed by atoms with E-state index in [-0.39, 0.29) is 5.92 Å². The molecule has 0 radical (unpaired) electrons. The predicted octanol–water partition coefficient (Wildman–Crippen LogP) is 0.448. The van der Waals surface area contributed by atoms with Crippen LogP contribution in [0.2, 0.25) is 0 Å². The Morgan fingerprint density at radius 2 is 2.15 bits per heavy atom. The van der Waals surface area contributed by atoms with Crippen molar-refractivity contribution in [1.29, 1.82) is 0 Å². The van der Waals surface area contributed by atoms with Gasteiger partial charge in [-0.1, -0.05) is 6.92 Å². The van der Waals surface area contributed by atoms with Crippen molar-refractivity contribution in [2.45, 2.75) is 13.0 Å². The lowest BCUT2D eigenvalue weighted by atomic mass is 10.2. The fraction of sp³-hybridized carbons (Fsp3) is 0.875. The molecule has 0 amide bonds. The average molecular weight is 208 g/mol. The third-order valence-electron chi connectivity index (χ3n) is 1.46. The fourth-order valence-corrected chi connectivity index (χ4v) is 1.69. The predicted molar refractivity (Wildman–Crippen MR) is 52.0 cm³/mol. The number of rotatable bonds is 7. The lowest BCUT2D eigenvalue weighted by Crippen LogP contribution is -2.19. The van der Waals surface area contributed by atoms with Gasteiger partial charge in [0, 0.05) is 18.6 Å². The number of hydrogen-bond acceptors (Lipinski definition) is 4. The molecule has 0 aliphatic carbocycles. The summed E-state index contributed by atoms with van der Waals surface area (Å²) in [7, 11) is 1.52. The highest BCUT2D eigenvalue weighted by molar-refractivity contribution is 7.99. The van der Waals surface area contributed by atoms with Crippen LogP contribution in [0.4, 0.5) is 0 Å². The van der Waals surface area contributed by atoms with E-state index in [0.29, 0.717) is 18.1 Å². The number of carboxylic acid groups (broad SMARTS) is 1. The van der Waals surface area contributed by atoms with Crippen LogP contribution in [0.15, 0.2) is 0 Å². The molecule has 0 fully saturated rings. The molecule has 4 nitrogen and oxygen atoms in total. The molecule has 78 valence electrons. The molecule has 0 aliphatic rings. The van der Waals surface area contributed by atoms with E-state index in [2.05, 4.69) is 0 Å². The molecule has 2 N–H and O–H groups in total. The largest absolute Gasteiger partial charge is 0.481 e. The minimum atomic E-state index is -0.797. The first-order valence-corrected chi connectivity index (χ1v) is 5.21. The van der Waals surface area contributed by atoms with Crippen molar-refractivity contribution >= 4 is 17.7 Å². The van der Waals surface area contributed by atoms with E-state index in [4.69, 9.17) is 9.84 Å². The fourth-order valence-electron chi connectivity index (χ4n) is 0.693. The number of hydrogen-bond donors (Lipinski definition) is 2. The summed E-state index contributed by atoms with van der Waals surface area (Å²) in [6.07, 6.45) is -0.504. The molecule has 2 unspecified atom stereocenters. The highest BCUT2D eigenvalue weighted by Crippen LogP contribution is 2.09. The standard InChI is InChI=1S/C8H16O4S/c1-6(8(10)11)4-13-5-7(9)3-12-2/h6-7,9H,3-5H2,1-2H3,(H,10,11). The van der Waals surface area contributed by atoms with Crippen molar-refractivity contribution in [1.82, 2.24) is 0 Å². The molecule has 0 aromatic rings. The Balaban J connectivity index is 3.39. The number of ether oxygens (including phenoxy) is 1. The molecule has 0 bridgehead atoms. The maximum absolute atomic E-state index is 10.4. The SMILES string of the molecule is COCC(O)CSCC(C)C(=O)O. The summed E-state index contributed by atoms with van der Waals surface area (Å²) in [5.41, 5.74) is 0. The van der Waals surface area contributed by atoms with Crippen molar-refractivity contribution in [2.75, 3.05) is 25.2 Å². The van der Waals surface area contributed by atoms with Gasteiger partial charge in [0.15, 0.2) is 0 Å². The zero-order chi connectivity index (χ0) is 10.3. The molecule has 0 rings (SSSR count). The first-order valence-electron chi connectivity index (χ1n) is 4.05. The minimum absolute atomic E-state index is 0.300. The van der Waals surface area contributed by atoms with E-state index in [1.807, 2.05) is 0 Å². The van der Waals surface area contributed by atoms with E-state index in [1.165, 1.54) is 18.9 Å². The Labute approximate surface area is 82.3 Å². The molecule has 0 aromatic carbocycles. The van der Waals surface area contributed by atoms with Crippen LogP contribution in [-0.4, -0.2) is 47.5 Å². The van der Waals surface area contributed by atoms with Gasteiger partial charge < -0.3 is 14.9 Å². The van der Waals surface area contributed by atoms with E-state index < -0.39 is 12.1 Å². The summed E-state index contributed by atoms with van der Waals surface area (Å²) in [6, 6.07) is 0. The van der Waals surface area contributed by atoms with Crippen LogP contribution in [0.25, 0.3) is 0 Å². The van der Waals surface area contributed by atoms with Crippen LogP contribution in [0, 0.1) is 5.92 Å². The van der Waals surface area contributed by atoms with Gasteiger partial charge in [0.05, 0.1) is 18.6 Å². The Hall–Kier alpha value is -0.260. The first-order chi connectivity index (χ1) is 6.07. The van der Waals surface area contributed by atoms with Gasteiger partial charge in [0.25, 0.3) is 0 Å². The molecule has 0 aliphatic heterocycles. The van der Waals surface area contributed by atoms with Crippen molar-refractivity contribution < 1.29 is 19.7 Å². The van der Waals surface area contributed by atoms with Crippen LogP contribution in [0.5, 0.6) is 0 Å². The summed E-state index contributed by atoms with van der Waals surface area (Å²) in [6.45, 7) is 1.95. The smallest absolute Gasteiger partial charge is 0.307 e. The minimum Gasteiger partial charge on any atom is -0.481 e. The molecule has 0 spiro atoms. The molecule has 2 atom stereocenters. The molecular formula is C8H16O4S. The number of aliphatic hydroxyl groups is 1. The van der Waals surface area contributed by atoms with Gasteiger partial charge in [0.2, 0.25) is 0 Å². The van der Waals surface area contributed by atoms with Crippen LogP contribution in [-0.2, 0) is 9.53 Å².